The van der Waals surface area contributed by atoms with Gasteiger partial charge in [0.25, 0.3) is 11.8 Å². The number of carbonyl (C=O) groups excluding carboxylic acids is 4. The summed E-state index contributed by atoms with van der Waals surface area (Å²) in [6.45, 7) is 3.78. The fourth-order valence-electron chi connectivity index (χ4n) is 8.91. The van der Waals surface area contributed by atoms with Gasteiger partial charge in [0.05, 0.1) is 41.7 Å². The molecule has 1 saturated carbocycles. The summed E-state index contributed by atoms with van der Waals surface area (Å²) in [4.78, 5) is 59.7. The van der Waals surface area contributed by atoms with Gasteiger partial charge in [0.15, 0.2) is 0 Å². The van der Waals surface area contributed by atoms with Crippen molar-refractivity contribution >= 4 is 52.7 Å². The number of ether oxygens (including phenoxy) is 1. The molecule has 0 aromatic heterocycles. The van der Waals surface area contributed by atoms with Gasteiger partial charge in [-0.2, -0.15) is 5.01 Å². The summed E-state index contributed by atoms with van der Waals surface area (Å²) in [7, 11) is 1.47. The zero-order valence-electron chi connectivity index (χ0n) is 28.0. The molecule has 9 nitrogen and oxygen atoms in total. The first-order valence-corrected chi connectivity index (χ1v) is 17.3. The minimum atomic E-state index is -1.62. The van der Waals surface area contributed by atoms with Gasteiger partial charge in [0, 0.05) is 22.6 Å². The van der Waals surface area contributed by atoms with Crippen molar-refractivity contribution in [2.45, 2.75) is 24.2 Å². The second-order valence-electron chi connectivity index (χ2n) is 13.6. The molecule has 4 aromatic rings. The molecular formula is C41H33ClFN3O6. The monoisotopic (exact) mass is 717 g/mol. The number of nitrogens with zero attached hydrogens (tertiary/aromatic N) is 2. The van der Waals surface area contributed by atoms with Crippen LogP contribution in [-0.4, -0.2) is 40.9 Å². The van der Waals surface area contributed by atoms with E-state index in [-0.39, 0.29) is 30.4 Å². The summed E-state index contributed by atoms with van der Waals surface area (Å²) < 4.78 is 19.2. The van der Waals surface area contributed by atoms with Gasteiger partial charge in [-0.25, -0.2) is 4.39 Å². The molecule has 52 heavy (non-hydrogen) atoms. The molecule has 4 amide bonds. The van der Waals surface area contributed by atoms with Gasteiger partial charge >= 0.3 is 0 Å². The number of allylic oxidation sites excluding steroid dienone is 2. The lowest BCUT2D eigenvalue weighted by Crippen LogP contribution is -2.53. The molecule has 6 unspecified atom stereocenters. The Bertz CT molecular complexity index is 2190. The molecule has 2 saturated heterocycles. The van der Waals surface area contributed by atoms with Crippen molar-refractivity contribution in [2.75, 3.05) is 17.4 Å². The van der Waals surface area contributed by atoms with E-state index in [1.807, 2.05) is 6.08 Å². The second-order valence-corrected chi connectivity index (χ2v) is 14.0. The van der Waals surface area contributed by atoms with Crippen molar-refractivity contribution in [2.24, 2.45) is 23.7 Å². The Balaban J connectivity index is 1.32. The molecule has 0 bridgehead atoms. The lowest BCUT2D eigenvalue weighted by Gasteiger charge is -2.50. The number of amides is 4. The fraction of sp³-hybridized carbons (Fsp3) is 0.220. The maximum absolute atomic E-state index is 15.2. The number of hydrogen-bond donors (Lipinski definition) is 2. The highest BCUT2D eigenvalue weighted by atomic mass is 35.5. The Morgan fingerprint density at radius 1 is 0.923 bits per heavy atom. The van der Waals surface area contributed by atoms with Crippen LogP contribution in [0.15, 0.2) is 109 Å². The van der Waals surface area contributed by atoms with E-state index in [0.29, 0.717) is 38.8 Å². The number of benzene rings is 4. The third-order valence-electron chi connectivity index (χ3n) is 11.2. The van der Waals surface area contributed by atoms with Gasteiger partial charge in [0.1, 0.15) is 17.3 Å². The molecule has 8 rings (SSSR count). The van der Waals surface area contributed by atoms with E-state index < -0.39 is 52.6 Å². The average molecular weight is 718 g/mol. The van der Waals surface area contributed by atoms with E-state index in [0.717, 1.165) is 10.6 Å². The zero-order chi connectivity index (χ0) is 36.5. The molecule has 11 heteroatoms. The van der Waals surface area contributed by atoms with Crippen molar-refractivity contribution in [3.63, 3.8) is 0 Å². The number of hydrazine groups is 1. The SMILES string of the molecule is C=Cc1ccc(N2C(=O)C3CC=C4C(CC5C(=O)N(Nc6ccc(F)cc6)C(=O)C5(c5ccc(Cl)cc5)C4c4ccc(OC)cc4O)C3C2=O)cc1. The van der Waals surface area contributed by atoms with Crippen LogP contribution in [0, 0.1) is 29.5 Å². The van der Waals surface area contributed by atoms with E-state index in [1.54, 1.807) is 66.7 Å². The van der Waals surface area contributed by atoms with E-state index in [2.05, 4.69) is 12.0 Å². The second kappa shape index (κ2) is 12.5. The van der Waals surface area contributed by atoms with Gasteiger partial charge in [-0.3, -0.25) is 29.5 Å². The van der Waals surface area contributed by atoms with Crippen LogP contribution in [0.3, 0.4) is 0 Å². The molecular weight excluding hydrogens is 685 g/mol. The minimum absolute atomic E-state index is 0.0669. The predicted octanol–water partition coefficient (Wildman–Crippen LogP) is 7.03. The largest absolute Gasteiger partial charge is 0.508 e. The number of anilines is 2. The summed E-state index contributed by atoms with van der Waals surface area (Å²) in [5.41, 5.74) is 4.40. The molecule has 6 atom stereocenters. The molecule has 0 spiro atoms. The van der Waals surface area contributed by atoms with Gasteiger partial charge in [-0.1, -0.05) is 66.2 Å². The van der Waals surface area contributed by atoms with Crippen LogP contribution in [-0.2, 0) is 24.6 Å². The number of imide groups is 2. The van der Waals surface area contributed by atoms with Crippen LogP contribution in [0.4, 0.5) is 15.8 Å². The molecule has 4 aromatic carbocycles. The smallest absolute Gasteiger partial charge is 0.260 e. The maximum atomic E-state index is 15.2. The summed E-state index contributed by atoms with van der Waals surface area (Å²) in [6.07, 6.45) is 3.87. The first kappa shape index (κ1) is 33.4. The first-order valence-electron chi connectivity index (χ1n) is 16.9. The van der Waals surface area contributed by atoms with Crippen molar-refractivity contribution < 1.29 is 33.4 Å². The van der Waals surface area contributed by atoms with Crippen LogP contribution in [0.1, 0.15) is 35.4 Å². The molecule has 2 N–H and O–H groups in total. The summed E-state index contributed by atoms with van der Waals surface area (Å²) in [6, 6.07) is 23.8. The molecule has 3 fully saturated rings. The summed E-state index contributed by atoms with van der Waals surface area (Å²) >= 11 is 6.35. The molecule has 4 aliphatic rings. The molecule has 2 aliphatic carbocycles. The molecule has 2 heterocycles. The van der Waals surface area contributed by atoms with Gasteiger partial charge in [-0.05, 0) is 84.5 Å². The number of carbonyl (C=O) groups is 4. The Hall–Kier alpha value is -5.74. The first-order chi connectivity index (χ1) is 25.1. The fourth-order valence-corrected chi connectivity index (χ4v) is 9.03. The Labute approximate surface area is 303 Å². The third-order valence-corrected chi connectivity index (χ3v) is 11.4. The minimum Gasteiger partial charge on any atom is -0.508 e. The number of phenols is 1. The number of phenolic OH excluding ortho intramolecular Hbond substituents is 1. The quantitative estimate of drug-likeness (QED) is 0.156. The number of nitrogens with one attached hydrogen (secondary N) is 1. The summed E-state index contributed by atoms with van der Waals surface area (Å²) in [5, 5.41) is 13.0. The van der Waals surface area contributed by atoms with Crippen LogP contribution < -0.4 is 15.1 Å². The predicted molar refractivity (Wildman–Crippen MR) is 193 cm³/mol. The molecule has 2 aliphatic heterocycles. The van der Waals surface area contributed by atoms with Crippen LogP contribution in [0.25, 0.3) is 6.08 Å². The number of fused-ring (bicyclic) bond motifs is 4. The molecule has 262 valence electrons. The van der Waals surface area contributed by atoms with E-state index in [4.69, 9.17) is 16.3 Å². The van der Waals surface area contributed by atoms with Gasteiger partial charge in [-0.15, -0.1) is 0 Å². The summed E-state index contributed by atoms with van der Waals surface area (Å²) in [5.74, 6) is -6.27. The lowest BCUT2D eigenvalue weighted by molar-refractivity contribution is -0.138. The standard InChI is InChI=1S/C41H33ClFN3O6/c1-3-22-4-14-27(15-5-22)45-37(48)31-19-18-29-32(35(31)39(45)50)21-33-38(49)46(44-26-12-10-25(43)11-13-26)40(51)41(33,23-6-8-24(42)9-7-23)36(29)30-17-16-28(52-2)20-34(30)47/h3-18,20,31-33,35-36,44,47H,1,19,21H2,2H3. The third kappa shape index (κ3) is 4.88. The highest BCUT2D eigenvalue weighted by Gasteiger charge is 2.70. The zero-order valence-corrected chi connectivity index (χ0v) is 28.7. The normalized spacial score (nSPS) is 26.4. The Morgan fingerprint density at radius 2 is 1.63 bits per heavy atom. The topological polar surface area (TPSA) is 116 Å². The highest BCUT2D eigenvalue weighted by molar-refractivity contribution is 6.30. The van der Waals surface area contributed by atoms with E-state index in [9.17, 15) is 23.9 Å². The number of aromatic hydroxyl groups is 1. The van der Waals surface area contributed by atoms with Crippen LogP contribution >= 0.6 is 11.6 Å². The van der Waals surface area contributed by atoms with E-state index in [1.165, 1.54) is 42.3 Å². The van der Waals surface area contributed by atoms with Gasteiger partial charge in [0.2, 0.25) is 11.8 Å². The van der Waals surface area contributed by atoms with Crippen molar-refractivity contribution in [3.05, 3.63) is 137 Å². The van der Waals surface area contributed by atoms with Crippen molar-refractivity contribution in [1.82, 2.24) is 5.01 Å². The molecule has 0 radical (unpaired) electrons. The van der Waals surface area contributed by atoms with Gasteiger partial charge < -0.3 is 9.84 Å². The average Bonchev–Trinajstić information content (AvgIpc) is 3.53. The van der Waals surface area contributed by atoms with E-state index >= 15 is 4.79 Å². The number of hydrogen-bond acceptors (Lipinski definition) is 7. The number of halogens is 2. The highest BCUT2D eigenvalue weighted by Crippen LogP contribution is 2.65. The van der Waals surface area contributed by atoms with Crippen molar-refractivity contribution in [3.8, 4) is 11.5 Å². The maximum Gasteiger partial charge on any atom is 0.260 e. The van der Waals surface area contributed by atoms with Crippen molar-refractivity contribution in [1.29, 1.82) is 0 Å². The lowest BCUT2D eigenvalue weighted by atomic mass is 9.49. The number of methoxy groups -OCH3 is 1. The van der Waals surface area contributed by atoms with Crippen LogP contribution in [0.5, 0.6) is 11.5 Å². The number of rotatable bonds is 7. The van der Waals surface area contributed by atoms with Crippen LogP contribution in [0.2, 0.25) is 5.02 Å². The Kier molecular flexibility index (Phi) is 8.02. The Morgan fingerprint density at radius 3 is 2.29 bits per heavy atom.